The molecule has 1 saturated carbocycles. The van der Waals surface area contributed by atoms with E-state index >= 15 is 0 Å². The third-order valence-corrected chi connectivity index (χ3v) is 4.12. The summed E-state index contributed by atoms with van der Waals surface area (Å²) in [6, 6.07) is 0. The topological polar surface area (TPSA) is 0 Å². The lowest BCUT2D eigenvalue weighted by atomic mass is 10.1. The van der Waals surface area contributed by atoms with Gasteiger partial charge in [-0.1, -0.05) is 22.9 Å². The Morgan fingerprint density at radius 2 is 2.12 bits per heavy atom. The zero-order valence-electron chi connectivity index (χ0n) is 4.90. The first-order chi connectivity index (χ1) is 3.72. The Bertz CT molecular complexity index is 74.6. The Morgan fingerprint density at radius 1 is 1.50 bits per heavy atom. The van der Waals surface area contributed by atoms with Crippen LogP contribution in [-0.2, 0) is 0 Å². The molecule has 3 atom stereocenters. The summed E-state index contributed by atoms with van der Waals surface area (Å²) in [5, 5.41) is 0.380. The fraction of sp³-hybridized carbons (Fsp3) is 1.00. The van der Waals surface area contributed by atoms with Gasteiger partial charge in [-0.15, -0.1) is 11.6 Å². The predicted octanol–water partition coefficient (Wildman–Crippen LogP) is 2.79. The van der Waals surface area contributed by atoms with Crippen LogP contribution in [0, 0.1) is 5.92 Å². The van der Waals surface area contributed by atoms with Crippen molar-refractivity contribution in [3.63, 3.8) is 0 Å². The van der Waals surface area contributed by atoms with Gasteiger partial charge in [0, 0.05) is 10.2 Å². The van der Waals surface area contributed by atoms with Crippen molar-refractivity contribution < 1.29 is 0 Å². The molecule has 0 nitrogen and oxygen atoms in total. The van der Waals surface area contributed by atoms with Crippen molar-refractivity contribution in [1.82, 2.24) is 0 Å². The minimum absolute atomic E-state index is 0.380. The van der Waals surface area contributed by atoms with Gasteiger partial charge in [-0.2, -0.15) is 0 Å². The van der Waals surface area contributed by atoms with Gasteiger partial charge in [-0.3, -0.25) is 0 Å². The fourth-order valence-corrected chi connectivity index (χ4v) is 2.00. The van der Waals surface area contributed by atoms with E-state index in [0.29, 0.717) is 10.2 Å². The van der Waals surface area contributed by atoms with Crippen LogP contribution >= 0.6 is 27.5 Å². The third-order valence-electron chi connectivity index (χ3n) is 1.79. The Hall–Kier alpha value is 0.770. The van der Waals surface area contributed by atoms with E-state index in [0.717, 1.165) is 5.92 Å². The van der Waals surface area contributed by atoms with Gasteiger partial charge >= 0.3 is 0 Å². The number of rotatable bonds is 0. The van der Waals surface area contributed by atoms with Crippen LogP contribution in [0.4, 0.5) is 0 Å². The molecule has 3 unspecified atom stereocenters. The van der Waals surface area contributed by atoms with Gasteiger partial charge in [0.25, 0.3) is 0 Å². The van der Waals surface area contributed by atoms with E-state index in [1.54, 1.807) is 0 Å². The lowest BCUT2D eigenvalue weighted by Crippen LogP contribution is -2.10. The van der Waals surface area contributed by atoms with Gasteiger partial charge in [0.05, 0.1) is 0 Å². The largest absolute Gasteiger partial charge is 0.122 e. The van der Waals surface area contributed by atoms with E-state index in [4.69, 9.17) is 11.6 Å². The summed E-state index contributed by atoms with van der Waals surface area (Å²) in [5.74, 6) is 0.775. The maximum Gasteiger partial charge on any atom is 0.0463 e. The van der Waals surface area contributed by atoms with E-state index in [1.807, 2.05) is 0 Å². The summed E-state index contributed by atoms with van der Waals surface area (Å²) in [7, 11) is 0. The van der Waals surface area contributed by atoms with Crippen molar-refractivity contribution in [1.29, 1.82) is 0 Å². The highest BCUT2D eigenvalue weighted by Gasteiger charge is 2.29. The van der Waals surface area contributed by atoms with Crippen molar-refractivity contribution in [2.45, 2.75) is 30.0 Å². The molecular weight excluding hydrogens is 187 g/mol. The molecule has 48 valence electrons. The van der Waals surface area contributed by atoms with E-state index in [2.05, 4.69) is 22.9 Å². The molecule has 0 N–H and O–H groups in total. The number of alkyl halides is 2. The van der Waals surface area contributed by atoms with Crippen LogP contribution in [0.25, 0.3) is 0 Å². The lowest BCUT2D eigenvalue weighted by molar-refractivity contribution is 0.631. The fourth-order valence-electron chi connectivity index (χ4n) is 1.10. The molecule has 2 heteroatoms. The smallest absolute Gasteiger partial charge is 0.0463 e. The summed E-state index contributed by atoms with van der Waals surface area (Å²) in [6.07, 6.45) is 2.46. The molecular formula is C6H10BrCl. The van der Waals surface area contributed by atoms with Crippen LogP contribution < -0.4 is 0 Å². The van der Waals surface area contributed by atoms with Crippen molar-refractivity contribution >= 4 is 27.5 Å². The van der Waals surface area contributed by atoms with Gasteiger partial charge < -0.3 is 0 Å². The van der Waals surface area contributed by atoms with Crippen LogP contribution in [0.5, 0.6) is 0 Å². The molecule has 0 heterocycles. The van der Waals surface area contributed by atoms with Crippen molar-refractivity contribution in [2.75, 3.05) is 0 Å². The molecule has 0 aromatic rings. The summed E-state index contributed by atoms with van der Waals surface area (Å²) < 4.78 is 0. The zero-order valence-corrected chi connectivity index (χ0v) is 7.24. The number of halogens is 2. The summed E-state index contributed by atoms with van der Waals surface area (Å²) in [4.78, 5) is 0.559. The maximum atomic E-state index is 5.91. The highest BCUT2D eigenvalue weighted by molar-refractivity contribution is 9.09. The van der Waals surface area contributed by atoms with Crippen LogP contribution in [0.2, 0.25) is 0 Å². The Labute approximate surface area is 63.7 Å². The first-order valence-corrected chi connectivity index (χ1v) is 4.35. The minimum atomic E-state index is 0.380. The predicted molar refractivity (Wildman–Crippen MR) is 40.8 cm³/mol. The number of hydrogen-bond acceptors (Lipinski definition) is 0. The second-order valence-electron chi connectivity index (χ2n) is 2.52. The molecule has 1 aliphatic carbocycles. The maximum absolute atomic E-state index is 5.91. The quantitative estimate of drug-likeness (QED) is 0.524. The molecule has 8 heavy (non-hydrogen) atoms. The third kappa shape index (κ3) is 1.19. The average Bonchev–Trinajstić information content (AvgIpc) is 1.98. The van der Waals surface area contributed by atoms with Crippen LogP contribution in [0.3, 0.4) is 0 Å². The first-order valence-electron chi connectivity index (χ1n) is 3.00. The van der Waals surface area contributed by atoms with Crippen molar-refractivity contribution in [3.05, 3.63) is 0 Å². The molecule has 1 aliphatic rings. The molecule has 1 rings (SSSR count). The van der Waals surface area contributed by atoms with Crippen LogP contribution in [-0.4, -0.2) is 10.2 Å². The standard InChI is InChI=1S/C6H10BrCl/c1-4-2-3-5(8)6(4)7/h4-6H,2-3H2,1H3. The second-order valence-corrected chi connectivity index (χ2v) is 4.13. The molecule has 1 fully saturated rings. The van der Waals surface area contributed by atoms with Crippen molar-refractivity contribution in [3.8, 4) is 0 Å². The van der Waals surface area contributed by atoms with E-state index in [9.17, 15) is 0 Å². The van der Waals surface area contributed by atoms with Gasteiger partial charge in [-0.25, -0.2) is 0 Å². The van der Waals surface area contributed by atoms with Crippen LogP contribution in [0.15, 0.2) is 0 Å². The van der Waals surface area contributed by atoms with E-state index in [1.165, 1.54) is 12.8 Å². The van der Waals surface area contributed by atoms with Crippen molar-refractivity contribution in [2.24, 2.45) is 5.92 Å². The Kier molecular flexibility index (Phi) is 2.21. The zero-order chi connectivity index (χ0) is 6.15. The van der Waals surface area contributed by atoms with Crippen LogP contribution in [0.1, 0.15) is 19.8 Å². The summed E-state index contributed by atoms with van der Waals surface area (Å²) in [5.41, 5.74) is 0. The lowest BCUT2D eigenvalue weighted by Gasteiger charge is -2.07. The Morgan fingerprint density at radius 3 is 2.25 bits per heavy atom. The van der Waals surface area contributed by atoms with E-state index < -0.39 is 0 Å². The second kappa shape index (κ2) is 2.57. The molecule has 0 radical (unpaired) electrons. The minimum Gasteiger partial charge on any atom is -0.122 e. The van der Waals surface area contributed by atoms with Gasteiger partial charge in [0.15, 0.2) is 0 Å². The van der Waals surface area contributed by atoms with Gasteiger partial charge in [0.2, 0.25) is 0 Å². The number of hydrogen-bond donors (Lipinski definition) is 0. The molecule has 0 aromatic carbocycles. The summed E-state index contributed by atoms with van der Waals surface area (Å²) >= 11 is 9.45. The highest BCUT2D eigenvalue weighted by atomic mass is 79.9. The molecule has 0 bridgehead atoms. The Balaban J connectivity index is 2.44. The van der Waals surface area contributed by atoms with E-state index in [-0.39, 0.29) is 0 Å². The first kappa shape index (κ1) is 6.88. The molecule has 0 aliphatic heterocycles. The molecule has 0 aromatic heterocycles. The average molecular weight is 198 g/mol. The SMILES string of the molecule is CC1CCC(Cl)C1Br. The van der Waals surface area contributed by atoms with Gasteiger partial charge in [0.1, 0.15) is 0 Å². The van der Waals surface area contributed by atoms with Gasteiger partial charge in [-0.05, 0) is 18.8 Å². The normalized spacial score (nSPS) is 47.6. The molecule has 0 amide bonds. The highest BCUT2D eigenvalue weighted by Crippen LogP contribution is 2.34. The molecule has 0 spiro atoms. The molecule has 0 saturated heterocycles. The summed E-state index contributed by atoms with van der Waals surface area (Å²) in [6.45, 7) is 2.24. The monoisotopic (exact) mass is 196 g/mol.